The molecule has 1 amide bonds. The minimum atomic E-state index is -0.333. The first-order valence-corrected chi connectivity index (χ1v) is 8.15. The fraction of sp³-hybridized carbons (Fsp3) is 0.105. The molecular weight excluding hydrogens is 336 g/mol. The number of hydrogen-bond acceptors (Lipinski definition) is 3. The number of carbonyl (C=O) groups excluding carboxylic acids is 1. The zero-order valence-corrected chi connectivity index (χ0v) is 14.6. The van der Waals surface area contributed by atoms with Crippen molar-refractivity contribution in [3.05, 3.63) is 76.4 Å². The number of rotatable bonds is 4. The maximum atomic E-state index is 12.4. The smallest absolute Gasteiger partial charge is 0.272 e. The van der Waals surface area contributed by atoms with Gasteiger partial charge < -0.3 is 0 Å². The van der Waals surface area contributed by atoms with Crippen molar-refractivity contribution in [3.63, 3.8) is 0 Å². The second-order valence-electron chi connectivity index (χ2n) is 5.58. The Labute approximate surface area is 150 Å². The summed E-state index contributed by atoms with van der Waals surface area (Å²) < 4.78 is 0. The highest BCUT2D eigenvalue weighted by atomic mass is 35.5. The van der Waals surface area contributed by atoms with Crippen LogP contribution in [0.4, 0.5) is 0 Å². The van der Waals surface area contributed by atoms with Crippen LogP contribution in [0.25, 0.3) is 11.3 Å². The fourth-order valence-corrected chi connectivity index (χ4v) is 2.57. The van der Waals surface area contributed by atoms with E-state index in [-0.39, 0.29) is 5.91 Å². The van der Waals surface area contributed by atoms with E-state index in [1.54, 1.807) is 12.1 Å². The molecule has 0 aliphatic rings. The lowest BCUT2D eigenvalue weighted by molar-refractivity contribution is 0.0949. The van der Waals surface area contributed by atoms with Gasteiger partial charge in [0.15, 0.2) is 0 Å². The number of hydrazone groups is 1. The lowest BCUT2D eigenvalue weighted by atomic mass is 10.1. The second kappa shape index (κ2) is 7.32. The van der Waals surface area contributed by atoms with Gasteiger partial charge in [0.25, 0.3) is 5.91 Å². The van der Waals surface area contributed by atoms with Crippen molar-refractivity contribution >= 4 is 23.2 Å². The third-order valence-electron chi connectivity index (χ3n) is 3.87. The molecule has 3 rings (SSSR count). The molecular formula is C19H17ClN4O. The van der Waals surface area contributed by atoms with E-state index in [2.05, 4.69) is 20.7 Å². The Bertz CT molecular complexity index is 914. The predicted octanol–water partition coefficient (Wildman–Crippen LogP) is 4.19. The first-order valence-electron chi connectivity index (χ1n) is 7.77. The van der Waals surface area contributed by atoms with Crippen molar-refractivity contribution in [2.45, 2.75) is 13.8 Å². The van der Waals surface area contributed by atoms with E-state index in [0.717, 1.165) is 22.4 Å². The minimum absolute atomic E-state index is 0.333. The van der Waals surface area contributed by atoms with E-state index in [0.29, 0.717) is 16.4 Å². The van der Waals surface area contributed by atoms with Crippen LogP contribution >= 0.6 is 11.6 Å². The molecule has 0 saturated carbocycles. The van der Waals surface area contributed by atoms with Gasteiger partial charge in [-0.2, -0.15) is 10.2 Å². The highest BCUT2D eigenvalue weighted by molar-refractivity contribution is 6.30. The van der Waals surface area contributed by atoms with E-state index in [9.17, 15) is 4.79 Å². The van der Waals surface area contributed by atoms with Gasteiger partial charge in [-0.1, -0.05) is 54.1 Å². The lowest BCUT2D eigenvalue weighted by Crippen LogP contribution is -2.20. The normalized spacial score (nSPS) is 11.4. The molecule has 0 atom stereocenters. The quantitative estimate of drug-likeness (QED) is 0.546. The largest absolute Gasteiger partial charge is 0.289 e. The van der Waals surface area contributed by atoms with E-state index < -0.39 is 0 Å². The number of aromatic nitrogens is 2. The van der Waals surface area contributed by atoms with Gasteiger partial charge in [0.2, 0.25) is 0 Å². The average molecular weight is 353 g/mol. The molecule has 0 aliphatic heterocycles. The number of carbonyl (C=O) groups is 1. The van der Waals surface area contributed by atoms with Crippen LogP contribution in [0.2, 0.25) is 5.02 Å². The maximum Gasteiger partial charge on any atom is 0.289 e. The van der Waals surface area contributed by atoms with Gasteiger partial charge in [-0.25, -0.2) is 5.43 Å². The molecule has 0 saturated heterocycles. The average Bonchev–Trinajstić information content (AvgIpc) is 3.02. The summed E-state index contributed by atoms with van der Waals surface area (Å²) in [5.74, 6) is -0.333. The second-order valence-corrected chi connectivity index (χ2v) is 6.02. The summed E-state index contributed by atoms with van der Waals surface area (Å²) in [6, 6.07) is 17.0. The van der Waals surface area contributed by atoms with Crippen LogP contribution in [0, 0.1) is 6.92 Å². The Balaban J connectivity index is 1.77. The van der Waals surface area contributed by atoms with Gasteiger partial charge >= 0.3 is 0 Å². The van der Waals surface area contributed by atoms with Crippen LogP contribution in [0.5, 0.6) is 0 Å². The van der Waals surface area contributed by atoms with Gasteiger partial charge in [0, 0.05) is 16.1 Å². The summed E-state index contributed by atoms with van der Waals surface area (Å²) in [5.41, 5.74) is 7.02. The Morgan fingerprint density at radius 1 is 1.12 bits per heavy atom. The Morgan fingerprint density at radius 2 is 1.80 bits per heavy atom. The zero-order valence-electron chi connectivity index (χ0n) is 13.9. The molecule has 0 radical (unpaired) electrons. The van der Waals surface area contributed by atoms with Gasteiger partial charge in [0.1, 0.15) is 5.69 Å². The molecule has 25 heavy (non-hydrogen) atoms. The molecule has 3 aromatic rings. The van der Waals surface area contributed by atoms with Crippen molar-refractivity contribution in [2.24, 2.45) is 5.10 Å². The van der Waals surface area contributed by atoms with Crippen molar-refractivity contribution < 1.29 is 4.79 Å². The maximum absolute atomic E-state index is 12.4. The lowest BCUT2D eigenvalue weighted by Gasteiger charge is -2.03. The standard InChI is InChI=1S/C19H17ClN4O/c1-12-17(15-6-4-3-5-7-15)22-23-18(12)19(25)24-21-13(2)14-8-10-16(20)11-9-14/h3-11H,1-2H3,(H,22,23)(H,24,25). The van der Waals surface area contributed by atoms with Crippen LogP contribution in [0.3, 0.4) is 0 Å². The van der Waals surface area contributed by atoms with Gasteiger partial charge in [-0.3, -0.25) is 9.89 Å². The molecule has 6 heteroatoms. The number of amides is 1. The van der Waals surface area contributed by atoms with Crippen LogP contribution in [0.1, 0.15) is 28.5 Å². The van der Waals surface area contributed by atoms with Crippen molar-refractivity contribution in [1.29, 1.82) is 0 Å². The van der Waals surface area contributed by atoms with Crippen molar-refractivity contribution in [3.8, 4) is 11.3 Å². The van der Waals surface area contributed by atoms with Crippen LogP contribution in [-0.2, 0) is 0 Å². The molecule has 0 aliphatic carbocycles. The summed E-state index contributed by atoms with van der Waals surface area (Å²) in [6.45, 7) is 3.68. The third-order valence-corrected chi connectivity index (χ3v) is 4.12. The number of hydrogen-bond donors (Lipinski definition) is 2. The molecule has 1 heterocycles. The summed E-state index contributed by atoms with van der Waals surface area (Å²) in [4.78, 5) is 12.4. The number of benzene rings is 2. The number of aromatic amines is 1. The molecule has 2 aromatic carbocycles. The van der Waals surface area contributed by atoms with Gasteiger partial charge in [-0.05, 0) is 31.5 Å². The number of nitrogens with one attached hydrogen (secondary N) is 2. The molecule has 1 aromatic heterocycles. The van der Waals surface area contributed by atoms with Crippen molar-refractivity contribution in [2.75, 3.05) is 0 Å². The van der Waals surface area contributed by atoms with Crippen LogP contribution in [-0.4, -0.2) is 21.8 Å². The van der Waals surface area contributed by atoms with E-state index in [1.165, 1.54) is 0 Å². The van der Waals surface area contributed by atoms with E-state index in [1.807, 2.05) is 56.3 Å². The topological polar surface area (TPSA) is 70.1 Å². The summed E-state index contributed by atoms with van der Waals surface area (Å²) in [5, 5.41) is 11.9. The predicted molar refractivity (Wildman–Crippen MR) is 99.9 cm³/mol. The van der Waals surface area contributed by atoms with Crippen molar-refractivity contribution in [1.82, 2.24) is 15.6 Å². The Morgan fingerprint density at radius 3 is 2.48 bits per heavy atom. The molecule has 0 bridgehead atoms. The zero-order chi connectivity index (χ0) is 17.8. The molecule has 0 spiro atoms. The molecule has 126 valence electrons. The van der Waals surface area contributed by atoms with E-state index in [4.69, 9.17) is 11.6 Å². The molecule has 0 unspecified atom stereocenters. The minimum Gasteiger partial charge on any atom is -0.272 e. The first kappa shape index (κ1) is 16.9. The molecule has 0 fully saturated rings. The Kier molecular flexibility index (Phi) is 4.95. The fourth-order valence-electron chi connectivity index (χ4n) is 2.44. The van der Waals surface area contributed by atoms with Crippen LogP contribution < -0.4 is 5.43 Å². The number of halogens is 1. The van der Waals surface area contributed by atoms with E-state index >= 15 is 0 Å². The van der Waals surface area contributed by atoms with Crippen LogP contribution in [0.15, 0.2) is 59.7 Å². The highest BCUT2D eigenvalue weighted by Gasteiger charge is 2.16. The Hall–Kier alpha value is -2.92. The summed E-state index contributed by atoms with van der Waals surface area (Å²) >= 11 is 5.87. The summed E-state index contributed by atoms with van der Waals surface area (Å²) in [6.07, 6.45) is 0. The van der Waals surface area contributed by atoms with Gasteiger partial charge in [-0.15, -0.1) is 0 Å². The number of H-pyrrole nitrogens is 1. The molecule has 5 nitrogen and oxygen atoms in total. The number of nitrogens with zero attached hydrogens (tertiary/aromatic N) is 2. The highest BCUT2D eigenvalue weighted by Crippen LogP contribution is 2.22. The molecule has 2 N–H and O–H groups in total. The monoisotopic (exact) mass is 352 g/mol. The SMILES string of the molecule is CC(=NNC(=O)c1[nH]nc(-c2ccccc2)c1C)c1ccc(Cl)cc1. The first-order chi connectivity index (χ1) is 12.1. The third kappa shape index (κ3) is 3.78. The summed E-state index contributed by atoms with van der Waals surface area (Å²) in [7, 11) is 0. The van der Waals surface area contributed by atoms with Gasteiger partial charge in [0.05, 0.1) is 11.4 Å².